The maximum Gasteiger partial charge on any atom is 0.488 e. The van der Waals surface area contributed by atoms with Crippen molar-refractivity contribution in [2.45, 2.75) is 33.1 Å². The number of hydrogen-bond acceptors (Lipinski definition) is 3. The van der Waals surface area contributed by atoms with Gasteiger partial charge in [-0.1, -0.05) is 31.6 Å². The highest BCUT2D eigenvalue weighted by atomic mass is 28.3. The van der Waals surface area contributed by atoms with Crippen molar-refractivity contribution in [2.75, 3.05) is 0 Å². The van der Waals surface area contributed by atoms with Crippen LogP contribution in [0.3, 0.4) is 0 Å². The van der Waals surface area contributed by atoms with E-state index in [1.165, 1.54) is 0 Å². The third-order valence-corrected chi connectivity index (χ3v) is 3.47. The van der Waals surface area contributed by atoms with E-state index >= 15 is 0 Å². The Hall–Kier alpha value is -1.06. The summed E-state index contributed by atoms with van der Waals surface area (Å²) in [4.78, 5) is 0. The number of rotatable bonds is 2. The lowest BCUT2D eigenvalue weighted by molar-refractivity contribution is 0.425. The molecule has 0 saturated carbocycles. The minimum absolute atomic E-state index is 0.363. The molecule has 0 atom stereocenters. The van der Waals surface area contributed by atoms with Crippen LogP contribution in [-0.4, -0.2) is 25.2 Å². The van der Waals surface area contributed by atoms with Crippen molar-refractivity contribution in [3.8, 4) is 11.5 Å². The van der Waals surface area contributed by atoms with Crippen LogP contribution < -0.4 is 11.2 Å². The van der Waals surface area contributed by atoms with Crippen LogP contribution >= 0.6 is 0 Å². The lowest BCUT2D eigenvalue weighted by Crippen LogP contribution is -2.33. The first-order chi connectivity index (χ1) is 8.24. The average Bonchev–Trinajstić information content (AvgIpc) is 2.26. The first-order valence-electron chi connectivity index (χ1n) is 5.97. The number of hydrogen-bond donors (Lipinski definition) is 3. The molecule has 0 unspecified atom stereocenters. The van der Waals surface area contributed by atoms with Crippen molar-refractivity contribution >= 4 is 20.7 Å². The van der Waals surface area contributed by atoms with Crippen molar-refractivity contribution in [3.63, 3.8) is 0 Å². The van der Waals surface area contributed by atoms with E-state index in [2.05, 4.69) is 31.1 Å². The molecule has 18 heavy (non-hydrogen) atoms. The third kappa shape index (κ3) is 4.00. The molecule has 0 saturated heterocycles. The molecule has 1 aromatic rings. The van der Waals surface area contributed by atoms with Gasteiger partial charge in [-0.05, 0) is 29.6 Å². The van der Waals surface area contributed by atoms with Crippen LogP contribution in [-0.2, 0) is 6.54 Å². The SMILES string of the molecule is Cc1c(C#C[Si](C)(C)C)cc(CN)cc1B(O)O. The summed E-state index contributed by atoms with van der Waals surface area (Å²) >= 11 is 0. The van der Waals surface area contributed by atoms with E-state index in [1.54, 1.807) is 6.07 Å². The van der Waals surface area contributed by atoms with Gasteiger partial charge in [0.15, 0.2) is 0 Å². The molecular weight excluding hydrogens is 241 g/mol. The molecule has 0 fully saturated rings. The van der Waals surface area contributed by atoms with Gasteiger partial charge in [0.05, 0.1) is 0 Å². The summed E-state index contributed by atoms with van der Waals surface area (Å²) in [7, 11) is -2.93. The largest absolute Gasteiger partial charge is 0.488 e. The predicted molar refractivity (Wildman–Crippen MR) is 79.1 cm³/mol. The average molecular weight is 261 g/mol. The fourth-order valence-corrected chi connectivity index (χ4v) is 2.08. The molecule has 0 radical (unpaired) electrons. The number of nitrogens with two attached hydrogens (primary N) is 1. The van der Waals surface area contributed by atoms with E-state index in [9.17, 15) is 10.0 Å². The van der Waals surface area contributed by atoms with E-state index in [1.807, 2.05) is 13.0 Å². The normalized spacial score (nSPS) is 10.8. The fourth-order valence-electron chi connectivity index (χ4n) is 1.57. The standard InChI is InChI=1S/C13H20BNO2Si/c1-10-12(5-6-18(2,3)4)7-11(9-15)8-13(10)14(16)17/h7-8,16-17H,9,15H2,1-4H3. The van der Waals surface area contributed by atoms with Gasteiger partial charge >= 0.3 is 7.12 Å². The van der Waals surface area contributed by atoms with Gasteiger partial charge in [-0.3, -0.25) is 0 Å². The Morgan fingerprint density at radius 2 is 1.89 bits per heavy atom. The molecule has 0 amide bonds. The van der Waals surface area contributed by atoms with Gasteiger partial charge in [0.25, 0.3) is 0 Å². The smallest absolute Gasteiger partial charge is 0.423 e. The second-order valence-corrected chi connectivity index (χ2v) is 10.2. The monoisotopic (exact) mass is 261 g/mol. The van der Waals surface area contributed by atoms with Crippen LogP contribution in [0.4, 0.5) is 0 Å². The Morgan fingerprint density at radius 3 is 2.33 bits per heavy atom. The number of benzene rings is 1. The molecule has 0 aliphatic heterocycles. The Kier molecular flexibility index (Phi) is 4.77. The molecule has 0 heterocycles. The minimum Gasteiger partial charge on any atom is -0.423 e. The van der Waals surface area contributed by atoms with Crippen molar-refractivity contribution in [1.29, 1.82) is 0 Å². The molecule has 1 rings (SSSR count). The molecule has 4 N–H and O–H groups in total. The maximum absolute atomic E-state index is 9.35. The molecule has 0 spiro atoms. The fraction of sp³-hybridized carbons (Fsp3) is 0.385. The van der Waals surface area contributed by atoms with Crippen LogP contribution in [0.1, 0.15) is 16.7 Å². The summed E-state index contributed by atoms with van der Waals surface area (Å²) in [6, 6.07) is 3.65. The summed E-state index contributed by atoms with van der Waals surface area (Å²) in [5.41, 5.74) is 11.9. The zero-order valence-corrected chi connectivity index (χ0v) is 12.4. The van der Waals surface area contributed by atoms with Crippen LogP contribution in [0.2, 0.25) is 19.6 Å². The van der Waals surface area contributed by atoms with E-state index in [0.717, 1.165) is 16.7 Å². The van der Waals surface area contributed by atoms with Gasteiger partial charge in [0, 0.05) is 12.1 Å². The van der Waals surface area contributed by atoms with Crippen LogP contribution in [0.15, 0.2) is 12.1 Å². The van der Waals surface area contributed by atoms with Crippen LogP contribution in [0.5, 0.6) is 0 Å². The van der Waals surface area contributed by atoms with E-state index in [4.69, 9.17) is 5.73 Å². The van der Waals surface area contributed by atoms with Crippen LogP contribution in [0, 0.1) is 18.4 Å². The Morgan fingerprint density at radius 1 is 1.28 bits per heavy atom. The van der Waals surface area contributed by atoms with Crippen molar-refractivity contribution in [3.05, 3.63) is 28.8 Å². The lowest BCUT2D eigenvalue weighted by Gasteiger charge is -2.11. The quantitative estimate of drug-likeness (QED) is 0.532. The van der Waals surface area contributed by atoms with E-state index in [-0.39, 0.29) is 0 Å². The molecule has 0 aromatic heterocycles. The Balaban J connectivity index is 3.34. The van der Waals surface area contributed by atoms with Crippen molar-refractivity contribution in [1.82, 2.24) is 0 Å². The highest BCUT2D eigenvalue weighted by Crippen LogP contribution is 2.09. The summed E-state index contributed by atoms with van der Waals surface area (Å²) in [5.74, 6) is 3.16. The zero-order chi connectivity index (χ0) is 13.9. The molecular formula is C13H20BNO2Si. The Bertz CT molecular complexity index is 498. The molecule has 5 heteroatoms. The van der Waals surface area contributed by atoms with Crippen LogP contribution in [0.25, 0.3) is 0 Å². The second kappa shape index (κ2) is 5.72. The Labute approximate surface area is 110 Å². The van der Waals surface area contributed by atoms with E-state index < -0.39 is 15.2 Å². The van der Waals surface area contributed by atoms with E-state index in [0.29, 0.717) is 12.0 Å². The topological polar surface area (TPSA) is 66.5 Å². The molecule has 1 aromatic carbocycles. The maximum atomic E-state index is 9.35. The highest BCUT2D eigenvalue weighted by Gasteiger charge is 2.17. The molecule has 0 aliphatic rings. The predicted octanol–water partition coefficient (Wildman–Crippen LogP) is 0.362. The summed E-state index contributed by atoms with van der Waals surface area (Å²) < 4.78 is 0. The van der Waals surface area contributed by atoms with Gasteiger partial charge in [-0.25, -0.2) is 0 Å². The first-order valence-corrected chi connectivity index (χ1v) is 9.47. The van der Waals surface area contributed by atoms with Gasteiger partial charge in [0.1, 0.15) is 8.07 Å². The zero-order valence-electron chi connectivity index (χ0n) is 11.4. The summed E-state index contributed by atoms with van der Waals surface area (Å²) in [5, 5.41) is 18.7. The third-order valence-electron chi connectivity index (χ3n) is 2.59. The summed E-state index contributed by atoms with van der Waals surface area (Å²) in [6.07, 6.45) is 0. The highest BCUT2D eigenvalue weighted by molar-refractivity contribution is 6.83. The summed E-state index contributed by atoms with van der Waals surface area (Å²) in [6.45, 7) is 8.72. The van der Waals surface area contributed by atoms with Gasteiger partial charge < -0.3 is 15.8 Å². The van der Waals surface area contributed by atoms with Crippen molar-refractivity contribution < 1.29 is 10.0 Å². The molecule has 96 valence electrons. The van der Waals surface area contributed by atoms with Gasteiger partial charge in [0.2, 0.25) is 0 Å². The minimum atomic E-state index is -1.48. The molecule has 0 aliphatic carbocycles. The molecule has 0 bridgehead atoms. The van der Waals surface area contributed by atoms with Gasteiger partial charge in [-0.2, -0.15) is 0 Å². The second-order valence-electron chi connectivity index (χ2n) is 5.44. The molecule has 3 nitrogen and oxygen atoms in total. The lowest BCUT2D eigenvalue weighted by atomic mass is 9.75. The van der Waals surface area contributed by atoms with Gasteiger partial charge in [-0.15, -0.1) is 5.54 Å². The van der Waals surface area contributed by atoms with Crippen molar-refractivity contribution in [2.24, 2.45) is 5.73 Å². The first kappa shape index (κ1) is 15.0.